The minimum Gasteiger partial charge on any atom is -0.369 e. The Hall–Kier alpha value is -1.26. The first-order chi connectivity index (χ1) is 9.70. The van der Waals surface area contributed by atoms with Crippen molar-refractivity contribution in [3.05, 3.63) is 46.9 Å². The molecule has 0 aliphatic carbocycles. The highest BCUT2D eigenvalue weighted by atomic mass is 35.5. The van der Waals surface area contributed by atoms with Crippen molar-refractivity contribution in [3.63, 3.8) is 0 Å². The monoisotopic (exact) mass is 307 g/mol. The lowest BCUT2D eigenvalue weighted by molar-refractivity contribution is 0.926. The molecule has 0 spiro atoms. The summed E-state index contributed by atoms with van der Waals surface area (Å²) in [4.78, 5) is 10.00. The van der Waals surface area contributed by atoms with Crippen molar-refractivity contribution in [2.75, 3.05) is 17.6 Å². The molecule has 20 heavy (non-hydrogen) atoms. The van der Waals surface area contributed by atoms with Crippen LogP contribution in [0.4, 0.5) is 5.82 Å². The molecule has 0 unspecified atom stereocenters. The lowest BCUT2D eigenvalue weighted by Crippen LogP contribution is -2.09. The van der Waals surface area contributed by atoms with E-state index < -0.39 is 0 Å². The molecule has 0 amide bonds. The van der Waals surface area contributed by atoms with E-state index in [-0.39, 0.29) is 0 Å². The highest BCUT2D eigenvalue weighted by Crippen LogP contribution is 2.21. The zero-order chi connectivity index (χ0) is 14.4. The number of rotatable bonds is 6. The zero-order valence-corrected chi connectivity index (χ0v) is 13.3. The van der Waals surface area contributed by atoms with Gasteiger partial charge in [0.1, 0.15) is 16.8 Å². The van der Waals surface area contributed by atoms with Crippen molar-refractivity contribution < 1.29 is 0 Å². The smallest absolute Gasteiger partial charge is 0.137 e. The number of aryl methyl sites for hydroxylation is 1. The van der Waals surface area contributed by atoms with Gasteiger partial charge in [0, 0.05) is 29.2 Å². The molecule has 1 aromatic carbocycles. The number of benzene rings is 1. The van der Waals surface area contributed by atoms with Gasteiger partial charge in [0.05, 0.1) is 0 Å². The fraction of sp³-hybridized carbons (Fsp3) is 0.333. The molecule has 0 saturated carbocycles. The van der Waals surface area contributed by atoms with Crippen LogP contribution in [0.5, 0.6) is 0 Å². The third kappa shape index (κ3) is 4.12. The summed E-state index contributed by atoms with van der Waals surface area (Å²) in [6.45, 7) is 4.81. The van der Waals surface area contributed by atoms with Gasteiger partial charge in [-0.05, 0) is 19.1 Å². The number of nitrogens with zero attached hydrogens (tertiary/aromatic N) is 2. The quantitative estimate of drug-likeness (QED) is 0.493. The van der Waals surface area contributed by atoms with Gasteiger partial charge in [-0.15, -0.1) is 11.8 Å². The maximum Gasteiger partial charge on any atom is 0.137 e. The predicted molar refractivity (Wildman–Crippen MR) is 86.8 cm³/mol. The van der Waals surface area contributed by atoms with Crippen molar-refractivity contribution in [3.8, 4) is 0 Å². The molecule has 1 heterocycles. The van der Waals surface area contributed by atoms with Crippen molar-refractivity contribution in [1.29, 1.82) is 0 Å². The van der Waals surface area contributed by atoms with Gasteiger partial charge >= 0.3 is 0 Å². The molecule has 2 aromatic rings. The summed E-state index contributed by atoms with van der Waals surface area (Å²) in [6.07, 6.45) is 0.785. The second-order valence-electron chi connectivity index (χ2n) is 4.35. The third-order valence-electron chi connectivity index (χ3n) is 2.86. The molecule has 1 N–H and O–H groups in total. The van der Waals surface area contributed by atoms with Gasteiger partial charge in [0.15, 0.2) is 0 Å². The molecule has 0 fully saturated rings. The van der Waals surface area contributed by atoms with Crippen LogP contribution in [0.15, 0.2) is 35.2 Å². The average Bonchev–Trinajstić information content (AvgIpc) is 2.48. The lowest BCUT2D eigenvalue weighted by atomic mass is 10.3. The number of halogens is 1. The number of hydrogen-bond donors (Lipinski definition) is 1. The molecule has 0 aliphatic rings. The summed E-state index contributed by atoms with van der Waals surface area (Å²) in [5.41, 5.74) is 0.911. The maximum absolute atomic E-state index is 6.11. The van der Waals surface area contributed by atoms with E-state index in [9.17, 15) is 0 Å². The van der Waals surface area contributed by atoms with Crippen LogP contribution in [0.3, 0.4) is 0 Å². The molecule has 2 rings (SSSR count). The Morgan fingerprint density at radius 2 is 1.95 bits per heavy atom. The van der Waals surface area contributed by atoms with E-state index in [2.05, 4.69) is 39.6 Å². The molecule has 0 aliphatic heterocycles. The summed E-state index contributed by atoms with van der Waals surface area (Å²) in [6, 6.07) is 10.4. The van der Waals surface area contributed by atoms with Gasteiger partial charge in [-0.25, -0.2) is 9.97 Å². The van der Waals surface area contributed by atoms with Crippen LogP contribution < -0.4 is 5.32 Å². The second kappa shape index (κ2) is 7.50. The number of aromatic nitrogens is 2. The van der Waals surface area contributed by atoms with Crippen LogP contribution in [0.2, 0.25) is 5.15 Å². The molecular formula is C15H18ClN3S. The summed E-state index contributed by atoms with van der Waals surface area (Å²) in [7, 11) is 0. The first-order valence-corrected chi connectivity index (χ1v) is 8.01. The molecule has 0 saturated heterocycles. The average molecular weight is 308 g/mol. The van der Waals surface area contributed by atoms with Gasteiger partial charge in [-0.3, -0.25) is 0 Å². The number of hydrogen-bond acceptors (Lipinski definition) is 4. The third-order valence-corrected chi connectivity index (χ3v) is 4.24. The Bertz CT molecular complexity index is 561. The molecule has 0 atom stereocenters. The van der Waals surface area contributed by atoms with Crippen LogP contribution in [-0.2, 0) is 6.42 Å². The van der Waals surface area contributed by atoms with E-state index in [0.717, 1.165) is 35.9 Å². The van der Waals surface area contributed by atoms with Crippen molar-refractivity contribution >= 4 is 29.2 Å². The largest absolute Gasteiger partial charge is 0.369 e. The summed E-state index contributed by atoms with van der Waals surface area (Å²) < 4.78 is 0. The molecule has 1 aromatic heterocycles. The van der Waals surface area contributed by atoms with E-state index in [4.69, 9.17) is 11.6 Å². The molecule has 0 bridgehead atoms. The fourth-order valence-corrected chi connectivity index (χ4v) is 2.69. The molecular weight excluding hydrogens is 290 g/mol. The first kappa shape index (κ1) is 15.1. The Labute approximate surface area is 129 Å². The Kier molecular flexibility index (Phi) is 5.68. The van der Waals surface area contributed by atoms with Gasteiger partial charge in [-0.1, -0.05) is 36.7 Å². The molecule has 5 heteroatoms. The summed E-state index contributed by atoms with van der Waals surface area (Å²) >= 11 is 7.93. The number of anilines is 1. The Balaban J connectivity index is 1.89. The van der Waals surface area contributed by atoms with Crippen LogP contribution in [0.1, 0.15) is 18.3 Å². The SMILES string of the molecule is CCc1nc(Cl)c(C)c(NCCSc2ccccc2)n1. The molecule has 3 nitrogen and oxygen atoms in total. The maximum atomic E-state index is 6.11. The van der Waals surface area contributed by atoms with Crippen molar-refractivity contribution in [1.82, 2.24) is 9.97 Å². The van der Waals surface area contributed by atoms with Crippen molar-refractivity contribution in [2.45, 2.75) is 25.2 Å². The lowest BCUT2D eigenvalue weighted by Gasteiger charge is -2.10. The topological polar surface area (TPSA) is 37.8 Å². The van der Waals surface area contributed by atoms with E-state index in [1.807, 2.05) is 31.7 Å². The highest BCUT2D eigenvalue weighted by molar-refractivity contribution is 7.99. The van der Waals surface area contributed by atoms with E-state index in [1.54, 1.807) is 0 Å². The van der Waals surface area contributed by atoms with Crippen molar-refractivity contribution in [2.24, 2.45) is 0 Å². The first-order valence-electron chi connectivity index (χ1n) is 6.65. The Morgan fingerprint density at radius 1 is 1.20 bits per heavy atom. The van der Waals surface area contributed by atoms with Crippen LogP contribution in [0, 0.1) is 6.92 Å². The standard InChI is InChI=1S/C15H18ClN3S/c1-3-13-18-14(16)11(2)15(19-13)17-9-10-20-12-7-5-4-6-8-12/h4-8H,3,9-10H2,1-2H3,(H,17,18,19). The summed E-state index contributed by atoms with van der Waals surface area (Å²) in [5.74, 6) is 2.60. The normalized spacial score (nSPS) is 10.6. The number of nitrogens with one attached hydrogen (secondary N) is 1. The molecule has 106 valence electrons. The predicted octanol–water partition coefficient (Wildman–Crippen LogP) is 4.21. The van der Waals surface area contributed by atoms with Gasteiger partial charge < -0.3 is 5.32 Å². The second-order valence-corrected chi connectivity index (χ2v) is 5.87. The molecule has 0 radical (unpaired) electrons. The van der Waals surface area contributed by atoms with Gasteiger partial charge in [0.25, 0.3) is 0 Å². The van der Waals surface area contributed by atoms with E-state index in [1.165, 1.54) is 4.90 Å². The zero-order valence-electron chi connectivity index (χ0n) is 11.7. The minimum atomic E-state index is 0.537. The minimum absolute atomic E-state index is 0.537. The van der Waals surface area contributed by atoms with E-state index in [0.29, 0.717) is 5.15 Å². The number of thioether (sulfide) groups is 1. The van der Waals surface area contributed by atoms with Crippen LogP contribution >= 0.6 is 23.4 Å². The van der Waals surface area contributed by atoms with E-state index >= 15 is 0 Å². The summed E-state index contributed by atoms with van der Waals surface area (Å²) in [5, 5.41) is 3.88. The highest BCUT2D eigenvalue weighted by Gasteiger charge is 2.07. The Morgan fingerprint density at radius 3 is 2.65 bits per heavy atom. The van der Waals surface area contributed by atoms with Gasteiger partial charge in [0.2, 0.25) is 0 Å². The van der Waals surface area contributed by atoms with Gasteiger partial charge in [-0.2, -0.15) is 0 Å². The van der Waals surface area contributed by atoms with Crippen LogP contribution in [-0.4, -0.2) is 22.3 Å². The fourth-order valence-electron chi connectivity index (χ4n) is 1.72. The van der Waals surface area contributed by atoms with Crippen LogP contribution in [0.25, 0.3) is 0 Å².